The molecular formula is C19H22O10. The molecule has 1 aromatic carbocycles. The molecule has 0 aliphatic rings. The maximum Gasteiger partial charge on any atom is 0.340 e. The number of phenolic OH excluding ortho intramolecular Hbond substituents is 1. The number of carboxylic acid groups (broad SMARTS) is 1. The number of methoxy groups -OCH3 is 4. The minimum absolute atomic E-state index is 0.0472. The van der Waals surface area contributed by atoms with E-state index in [9.17, 15) is 24.6 Å². The van der Waals surface area contributed by atoms with Crippen LogP contribution in [0.15, 0.2) is 9.21 Å². The smallest absolute Gasteiger partial charge is 0.340 e. The van der Waals surface area contributed by atoms with Gasteiger partial charge in [-0.05, 0) is 18.4 Å². The largest absolute Gasteiger partial charge is 0.502 e. The number of hydrogen-bond acceptors (Lipinski definition) is 9. The van der Waals surface area contributed by atoms with Crippen LogP contribution in [0.3, 0.4) is 0 Å². The molecule has 0 fully saturated rings. The normalized spacial score (nSPS) is 10.6. The van der Waals surface area contributed by atoms with Crippen LogP contribution >= 0.6 is 0 Å². The quantitative estimate of drug-likeness (QED) is 0.463. The van der Waals surface area contributed by atoms with Gasteiger partial charge in [0.15, 0.2) is 11.3 Å². The van der Waals surface area contributed by atoms with Crippen molar-refractivity contribution in [2.24, 2.45) is 0 Å². The summed E-state index contributed by atoms with van der Waals surface area (Å²) in [6.07, 6.45) is -0.169. The van der Waals surface area contributed by atoms with Crippen LogP contribution in [0.1, 0.15) is 24.0 Å². The van der Waals surface area contributed by atoms with E-state index in [0.29, 0.717) is 0 Å². The van der Waals surface area contributed by atoms with Gasteiger partial charge in [0.1, 0.15) is 0 Å². The fourth-order valence-electron chi connectivity index (χ4n) is 3.14. The molecule has 0 saturated heterocycles. The molecule has 29 heavy (non-hydrogen) atoms. The molecule has 2 rings (SSSR count). The molecule has 0 radical (unpaired) electrons. The molecule has 10 heteroatoms. The molecule has 1 heterocycles. The van der Waals surface area contributed by atoms with E-state index in [-0.39, 0.29) is 58.6 Å². The molecule has 0 bridgehead atoms. The van der Waals surface area contributed by atoms with Crippen molar-refractivity contribution in [2.75, 3.05) is 28.4 Å². The summed E-state index contributed by atoms with van der Waals surface area (Å²) >= 11 is 0. The fraction of sp³-hybridized carbons (Fsp3) is 0.421. The predicted octanol–water partition coefficient (Wildman–Crippen LogP) is 1.65. The Morgan fingerprint density at radius 2 is 1.59 bits per heavy atom. The lowest BCUT2D eigenvalue weighted by Crippen LogP contribution is -2.17. The van der Waals surface area contributed by atoms with Gasteiger partial charge in [0.2, 0.25) is 17.2 Å². The van der Waals surface area contributed by atoms with Crippen molar-refractivity contribution in [2.45, 2.75) is 25.7 Å². The van der Waals surface area contributed by atoms with Crippen LogP contribution in [0, 0.1) is 0 Å². The summed E-state index contributed by atoms with van der Waals surface area (Å²) < 4.78 is 25.7. The summed E-state index contributed by atoms with van der Waals surface area (Å²) in [5.74, 6) is -2.31. The molecule has 0 atom stereocenters. The number of aryl methyl sites for hydroxylation is 1. The minimum atomic E-state index is -1.24. The molecular weight excluding hydrogens is 388 g/mol. The zero-order valence-electron chi connectivity index (χ0n) is 16.5. The number of fused-ring (bicyclic) bond motifs is 1. The van der Waals surface area contributed by atoms with Gasteiger partial charge in [-0.3, -0.25) is 9.59 Å². The SMILES string of the molecule is COC(=O)CCCc1c(CC(=O)O)c(=O)oc2c(OC)c(OC)c(O)c(OC)c12. The van der Waals surface area contributed by atoms with E-state index >= 15 is 0 Å². The Labute approximate surface area is 165 Å². The first-order chi connectivity index (χ1) is 13.8. The second kappa shape index (κ2) is 9.18. The summed E-state index contributed by atoms with van der Waals surface area (Å²) in [6.45, 7) is 0. The molecule has 1 aromatic heterocycles. The Balaban J connectivity index is 2.88. The molecule has 2 aromatic rings. The first kappa shape index (κ1) is 21.9. The van der Waals surface area contributed by atoms with Crippen molar-refractivity contribution < 1.29 is 43.2 Å². The highest BCUT2D eigenvalue weighted by Crippen LogP contribution is 2.51. The second-order valence-corrected chi connectivity index (χ2v) is 6.00. The minimum Gasteiger partial charge on any atom is -0.502 e. The van der Waals surface area contributed by atoms with Gasteiger partial charge in [0.25, 0.3) is 0 Å². The third-order valence-corrected chi connectivity index (χ3v) is 4.38. The molecule has 0 aliphatic carbocycles. The molecule has 0 unspecified atom stereocenters. The lowest BCUT2D eigenvalue weighted by molar-refractivity contribution is -0.140. The highest BCUT2D eigenvalue weighted by atomic mass is 16.5. The number of ether oxygens (including phenoxy) is 4. The number of esters is 1. The number of phenols is 1. The van der Waals surface area contributed by atoms with Crippen molar-refractivity contribution >= 4 is 22.9 Å². The number of aliphatic carboxylic acids is 1. The summed E-state index contributed by atoms with van der Waals surface area (Å²) in [6, 6.07) is 0. The monoisotopic (exact) mass is 410 g/mol. The summed E-state index contributed by atoms with van der Waals surface area (Å²) in [5, 5.41) is 20.0. The zero-order chi connectivity index (χ0) is 21.7. The van der Waals surface area contributed by atoms with E-state index in [2.05, 4.69) is 4.74 Å². The first-order valence-electron chi connectivity index (χ1n) is 8.58. The lowest BCUT2D eigenvalue weighted by atomic mass is 9.96. The van der Waals surface area contributed by atoms with Crippen LogP contribution in [0.25, 0.3) is 11.0 Å². The van der Waals surface area contributed by atoms with E-state index in [0.717, 1.165) is 0 Å². The van der Waals surface area contributed by atoms with Crippen molar-refractivity contribution in [1.82, 2.24) is 0 Å². The van der Waals surface area contributed by atoms with Gasteiger partial charge in [0.05, 0.1) is 45.8 Å². The van der Waals surface area contributed by atoms with Crippen molar-refractivity contribution in [1.29, 1.82) is 0 Å². The number of carboxylic acids is 1. The number of aromatic hydroxyl groups is 1. The van der Waals surface area contributed by atoms with Crippen LogP contribution in [0.2, 0.25) is 0 Å². The zero-order valence-corrected chi connectivity index (χ0v) is 16.5. The van der Waals surface area contributed by atoms with E-state index in [1.807, 2.05) is 0 Å². The summed E-state index contributed by atoms with van der Waals surface area (Å²) in [7, 11) is 5.13. The maximum absolute atomic E-state index is 12.6. The Morgan fingerprint density at radius 1 is 0.966 bits per heavy atom. The second-order valence-electron chi connectivity index (χ2n) is 6.00. The number of carbonyl (C=O) groups excluding carboxylic acids is 1. The average molecular weight is 410 g/mol. The molecule has 0 spiro atoms. The average Bonchev–Trinajstić information content (AvgIpc) is 2.69. The van der Waals surface area contributed by atoms with Crippen LogP contribution < -0.4 is 19.8 Å². The third kappa shape index (κ3) is 4.20. The van der Waals surface area contributed by atoms with Crippen molar-refractivity contribution in [3.05, 3.63) is 21.5 Å². The number of benzene rings is 1. The molecule has 2 N–H and O–H groups in total. The fourth-order valence-corrected chi connectivity index (χ4v) is 3.14. The molecule has 10 nitrogen and oxygen atoms in total. The van der Waals surface area contributed by atoms with E-state index in [4.69, 9.17) is 18.6 Å². The highest BCUT2D eigenvalue weighted by Gasteiger charge is 2.29. The number of rotatable bonds is 9. The molecule has 0 aliphatic heterocycles. The van der Waals surface area contributed by atoms with E-state index < -0.39 is 29.7 Å². The summed E-state index contributed by atoms with van der Waals surface area (Å²) in [4.78, 5) is 35.3. The first-order valence-corrected chi connectivity index (χ1v) is 8.58. The number of hydrogen-bond donors (Lipinski definition) is 2. The molecule has 0 saturated carbocycles. The van der Waals surface area contributed by atoms with E-state index in [1.165, 1.54) is 28.4 Å². The third-order valence-electron chi connectivity index (χ3n) is 4.38. The van der Waals surface area contributed by atoms with Crippen LogP contribution in [-0.4, -0.2) is 50.6 Å². The summed E-state index contributed by atoms with van der Waals surface area (Å²) in [5.41, 5.74) is -0.775. The predicted molar refractivity (Wildman–Crippen MR) is 100 cm³/mol. The Bertz CT molecular complexity index is 989. The highest BCUT2D eigenvalue weighted by molar-refractivity contribution is 5.97. The van der Waals surface area contributed by atoms with Gasteiger partial charge in [-0.2, -0.15) is 0 Å². The van der Waals surface area contributed by atoms with Crippen molar-refractivity contribution in [3.8, 4) is 23.0 Å². The van der Waals surface area contributed by atoms with Gasteiger partial charge < -0.3 is 33.6 Å². The molecule has 158 valence electrons. The Morgan fingerprint density at radius 3 is 2.10 bits per heavy atom. The standard InChI is InChI=1S/C19H22O10/c1-25-12(22)7-5-6-9-10(8-11(20)21)19(24)29-16-13(9)15(26-2)14(23)17(27-3)18(16)28-4/h23H,5-8H2,1-4H3,(H,20,21). The van der Waals surface area contributed by atoms with E-state index in [1.54, 1.807) is 0 Å². The van der Waals surface area contributed by atoms with Crippen LogP contribution in [0.5, 0.6) is 23.0 Å². The van der Waals surface area contributed by atoms with Gasteiger partial charge >= 0.3 is 17.6 Å². The van der Waals surface area contributed by atoms with Crippen molar-refractivity contribution in [3.63, 3.8) is 0 Å². The van der Waals surface area contributed by atoms with Gasteiger partial charge in [-0.25, -0.2) is 4.79 Å². The molecule has 0 amide bonds. The van der Waals surface area contributed by atoms with Gasteiger partial charge in [-0.15, -0.1) is 0 Å². The van der Waals surface area contributed by atoms with Crippen LogP contribution in [-0.2, 0) is 27.2 Å². The van der Waals surface area contributed by atoms with Gasteiger partial charge in [0, 0.05) is 6.42 Å². The number of carbonyl (C=O) groups is 2. The van der Waals surface area contributed by atoms with Crippen LogP contribution in [0.4, 0.5) is 0 Å². The Kier molecular flexibility index (Phi) is 6.92. The topological polar surface area (TPSA) is 142 Å². The maximum atomic E-state index is 12.6. The lowest BCUT2D eigenvalue weighted by Gasteiger charge is -2.18. The van der Waals surface area contributed by atoms with Gasteiger partial charge in [-0.1, -0.05) is 0 Å². The Hall–Kier alpha value is -3.43.